The number of oxime groups is 1. The zero-order valence-electron chi connectivity index (χ0n) is 10.4. The minimum atomic E-state index is -0.882. The van der Waals surface area contributed by atoms with E-state index in [1.165, 1.54) is 4.90 Å². The third-order valence-corrected chi connectivity index (χ3v) is 3.71. The second-order valence-electron chi connectivity index (χ2n) is 4.72. The van der Waals surface area contributed by atoms with Crippen molar-refractivity contribution in [3.05, 3.63) is 0 Å². The lowest BCUT2D eigenvalue weighted by Crippen LogP contribution is -2.51. The van der Waals surface area contributed by atoms with E-state index in [2.05, 4.69) is 5.16 Å². The van der Waals surface area contributed by atoms with Gasteiger partial charge in [-0.1, -0.05) is 18.0 Å². The summed E-state index contributed by atoms with van der Waals surface area (Å²) in [5.41, 5.74) is 4.80. The molecule has 17 heavy (non-hydrogen) atoms. The smallest absolute Gasteiger partial charge is 0.236 e. The molecule has 1 saturated carbocycles. The molecule has 0 heterocycles. The molecular formula is C11H21N3O3. The number of nitrogens with two attached hydrogens (primary N) is 1. The number of nitrogens with zero attached hydrogens (tertiary/aromatic N) is 2. The Morgan fingerprint density at radius 3 is 2.47 bits per heavy atom. The van der Waals surface area contributed by atoms with Gasteiger partial charge in [0, 0.05) is 7.05 Å². The highest BCUT2D eigenvalue weighted by atomic mass is 16.4. The van der Waals surface area contributed by atoms with Crippen molar-refractivity contribution in [2.45, 2.75) is 38.6 Å². The van der Waals surface area contributed by atoms with Crippen LogP contribution in [0.5, 0.6) is 0 Å². The molecule has 1 atom stereocenters. The molecule has 1 unspecified atom stereocenters. The highest BCUT2D eigenvalue weighted by Gasteiger charge is 2.47. The molecule has 4 N–H and O–H groups in total. The quantitative estimate of drug-likeness (QED) is 0.283. The van der Waals surface area contributed by atoms with Gasteiger partial charge in [0.2, 0.25) is 5.91 Å². The largest absolute Gasteiger partial charge is 0.409 e. The third-order valence-electron chi connectivity index (χ3n) is 3.71. The lowest BCUT2D eigenvalue weighted by atomic mass is 9.83. The molecule has 1 aliphatic carbocycles. The molecular weight excluding hydrogens is 222 g/mol. The van der Waals surface area contributed by atoms with Crippen molar-refractivity contribution in [1.29, 1.82) is 0 Å². The summed E-state index contributed by atoms with van der Waals surface area (Å²) in [6, 6.07) is -0.272. The summed E-state index contributed by atoms with van der Waals surface area (Å²) in [6.45, 7) is 1.65. The minimum Gasteiger partial charge on any atom is -0.409 e. The lowest BCUT2D eigenvalue weighted by Gasteiger charge is -2.33. The second-order valence-corrected chi connectivity index (χ2v) is 4.72. The van der Waals surface area contributed by atoms with Crippen LogP contribution in [0.1, 0.15) is 32.6 Å². The Kier molecular flexibility index (Phi) is 4.34. The maximum atomic E-state index is 12.4. The average molecular weight is 243 g/mol. The van der Waals surface area contributed by atoms with Crippen molar-refractivity contribution >= 4 is 11.7 Å². The molecule has 1 amide bonds. The normalized spacial score (nSPS) is 21.2. The summed E-state index contributed by atoms with van der Waals surface area (Å²) >= 11 is 0. The van der Waals surface area contributed by atoms with Gasteiger partial charge in [0.05, 0.1) is 12.6 Å². The molecule has 1 aliphatic rings. The Morgan fingerprint density at radius 2 is 2.06 bits per heavy atom. The van der Waals surface area contributed by atoms with Crippen molar-refractivity contribution in [2.75, 3.05) is 13.7 Å². The summed E-state index contributed by atoms with van der Waals surface area (Å²) in [5, 5.41) is 20.9. The Balaban J connectivity index is 2.96. The molecule has 0 radical (unpaired) electrons. The molecule has 0 aromatic rings. The number of likely N-dealkylation sites (N-methyl/N-ethyl adjacent to an activating group) is 1. The van der Waals surface area contributed by atoms with Crippen LogP contribution in [0.2, 0.25) is 0 Å². The van der Waals surface area contributed by atoms with Gasteiger partial charge in [0.25, 0.3) is 0 Å². The fourth-order valence-electron chi connectivity index (χ4n) is 2.31. The predicted molar refractivity (Wildman–Crippen MR) is 63.6 cm³/mol. The van der Waals surface area contributed by atoms with Gasteiger partial charge < -0.3 is 20.9 Å². The van der Waals surface area contributed by atoms with E-state index in [4.69, 9.17) is 16.0 Å². The Morgan fingerprint density at radius 1 is 1.53 bits per heavy atom. The first-order valence-electron chi connectivity index (χ1n) is 5.85. The predicted octanol–water partition coefficient (Wildman–Crippen LogP) is 0.132. The average Bonchev–Trinajstić information content (AvgIpc) is 2.85. The van der Waals surface area contributed by atoms with Crippen molar-refractivity contribution in [1.82, 2.24) is 4.90 Å². The van der Waals surface area contributed by atoms with Crippen molar-refractivity contribution < 1.29 is 15.1 Å². The minimum absolute atomic E-state index is 0.0167. The van der Waals surface area contributed by atoms with Gasteiger partial charge in [-0.15, -0.1) is 0 Å². The van der Waals surface area contributed by atoms with Crippen LogP contribution in [0.4, 0.5) is 0 Å². The van der Waals surface area contributed by atoms with Crippen molar-refractivity contribution in [3.8, 4) is 0 Å². The van der Waals surface area contributed by atoms with Crippen molar-refractivity contribution in [3.63, 3.8) is 0 Å². The summed E-state index contributed by atoms with van der Waals surface area (Å²) < 4.78 is 0. The van der Waals surface area contributed by atoms with Crippen LogP contribution in [0, 0.1) is 5.41 Å². The molecule has 0 aromatic carbocycles. The first kappa shape index (κ1) is 13.8. The number of aliphatic hydroxyl groups excluding tert-OH is 1. The summed E-state index contributed by atoms with van der Waals surface area (Å²) in [6.07, 6.45) is 2.99. The number of carbonyl (C=O) groups excluding carboxylic acids is 1. The zero-order chi connectivity index (χ0) is 13.1. The highest BCUT2D eigenvalue weighted by Crippen LogP contribution is 2.40. The Labute approximate surface area is 101 Å². The van der Waals surface area contributed by atoms with E-state index < -0.39 is 5.41 Å². The summed E-state index contributed by atoms with van der Waals surface area (Å²) in [4.78, 5) is 13.9. The molecule has 0 spiro atoms. The van der Waals surface area contributed by atoms with Gasteiger partial charge in [0.1, 0.15) is 5.41 Å². The first-order valence-corrected chi connectivity index (χ1v) is 5.85. The number of carbonyl (C=O) groups is 1. The summed E-state index contributed by atoms with van der Waals surface area (Å²) in [7, 11) is 1.63. The monoisotopic (exact) mass is 243 g/mol. The zero-order valence-corrected chi connectivity index (χ0v) is 10.4. The SMILES string of the molecule is CC(CO)N(C)C(=O)C1(C(N)=NO)CCCC1. The lowest BCUT2D eigenvalue weighted by molar-refractivity contribution is -0.139. The van der Waals surface area contributed by atoms with Crippen LogP contribution in [0.3, 0.4) is 0 Å². The molecule has 0 saturated heterocycles. The van der Waals surface area contributed by atoms with E-state index in [1.807, 2.05) is 0 Å². The van der Waals surface area contributed by atoms with E-state index >= 15 is 0 Å². The maximum absolute atomic E-state index is 12.4. The van der Waals surface area contributed by atoms with Crippen LogP contribution in [-0.2, 0) is 4.79 Å². The van der Waals surface area contributed by atoms with Crippen LogP contribution >= 0.6 is 0 Å². The van der Waals surface area contributed by atoms with Gasteiger partial charge >= 0.3 is 0 Å². The van der Waals surface area contributed by atoms with Gasteiger partial charge in [0.15, 0.2) is 5.84 Å². The fourth-order valence-corrected chi connectivity index (χ4v) is 2.31. The molecule has 1 fully saturated rings. The Bertz CT molecular complexity index is 311. The molecule has 0 aliphatic heterocycles. The van der Waals surface area contributed by atoms with E-state index in [-0.39, 0.29) is 24.4 Å². The molecule has 1 rings (SSSR count). The fraction of sp³-hybridized carbons (Fsp3) is 0.818. The maximum Gasteiger partial charge on any atom is 0.236 e. The van der Waals surface area contributed by atoms with Crippen LogP contribution in [0.15, 0.2) is 5.16 Å². The van der Waals surface area contributed by atoms with Gasteiger partial charge in [-0.25, -0.2) is 0 Å². The van der Waals surface area contributed by atoms with E-state index in [1.54, 1.807) is 14.0 Å². The van der Waals surface area contributed by atoms with Crippen LogP contribution in [0.25, 0.3) is 0 Å². The van der Waals surface area contributed by atoms with Gasteiger partial charge in [-0.3, -0.25) is 4.79 Å². The van der Waals surface area contributed by atoms with E-state index in [9.17, 15) is 4.79 Å². The molecule has 6 nitrogen and oxygen atoms in total. The number of aliphatic hydroxyl groups is 1. The number of amidine groups is 1. The molecule has 98 valence electrons. The number of hydrogen-bond donors (Lipinski definition) is 3. The number of hydrogen-bond acceptors (Lipinski definition) is 4. The summed E-state index contributed by atoms with van der Waals surface area (Å²) in [5.74, 6) is -0.191. The number of rotatable bonds is 4. The first-order chi connectivity index (χ1) is 7.99. The van der Waals surface area contributed by atoms with Gasteiger partial charge in [-0.2, -0.15) is 0 Å². The molecule has 0 bridgehead atoms. The van der Waals surface area contributed by atoms with Gasteiger partial charge in [-0.05, 0) is 19.8 Å². The number of amides is 1. The third kappa shape index (κ3) is 2.36. The Hall–Kier alpha value is -1.30. The van der Waals surface area contributed by atoms with E-state index in [0.29, 0.717) is 12.8 Å². The second kappa shape index (κ2) is 5.35. The standard InChI is InChI=1S/C11H21N3O3/c1-8(7-15)14(2)10(16)11(9(12)13-17)5-3-4-6-11/h8,15,17H,3-7H2,1-2H3,(H2,12,13). The molecule has 6 heteroatoms. The highest BCUT2D eigenvalue weighted by molar-refractivity contribution is 6.07. The molecule has 0 aromatic heterocycles. The topological polar surface area (TPSA) is 99.2 Å². The van der Waals surface area contributed by atoms with Crippen LogP contribution in [-0.4, -0.2) is 46.7 Å². The van der Waals surface area contributed by atoms with E-state index in [0.717, 1.165) is 12.8 Å². The van der Waals surface area contributed by atoms with Crippen molar-refractivity contribution in [2.24, 2.45) is 16.3 Å². The van der Waals surface area contributed by atoms with Crippen LogP contribution < -0.4 is 5.73 Å².